The summed E-state index contributed by atoms with van der Waals surface area (Å²) in [6.07, 6.45) is -0.0259. The summed E-state index contributed by atoms with van der Waals surface area (Å²) < 4.78 is 27.0. The molecule has 0 radical (unpaired) electrons. The molecule has 1 fully saturated rings. The third-order valence-electron chi connectivity index (χ3n) is 4.82. The van der Waals surface area contributed by atoms with Crippen molar-refractivity contribution in [1.82, 2.24) is 10.2 Å². The van der Waals surface area contributed by atoms with Gasteiger partial charge in [-0.3, -0.25) is 4.79 Å². The van der Waals surface area contributed by atoms with Gasteiger partial charge >= 0.3 is 0 Å². The highest BCUT2D eigenvalue weighted by Crippen LogP contribution is 2.44. The zero-order chi connectivity index (χ0) is 18.5. The van der Waals surface area contributed by atoms with Gasteiger partial charge in [-0.1, -0.05) is 17.7 Å². The van der Waals surface area contributed by atoms with Crippen molar-refractivity contribution in [2.24, 2.45) is 0 Å². The largest absolute Gasteiger partial charge is 0.370 e. The van der Waals surface area contributed by atoms with Crippen molar-refractivity contribution in [3.05, 3.63) is 81.6 Å². The first kappa shape index (κ1) is 17.0. The number of fused-ring (bicyclic) bond motifs is 1. The highest BCUT2D eigenvalue weighted by Gasteiger charge is 2.49. The Kier molecular flexibility index (Phi) is 3.97. The van der Waals surface area contributed by atoms with E-state index in [-0.39, 0.29) is 17.8 Å². The average molecular weight is 377 g/mol. The van der Waals surface area contributed by atoms with Crippen molar-refractivity contribution in [3.63, 3.8) is 0 Å². The Bertz CT molecular complexity index is 930. The van der Waals surface area contributed by atoms with Crippen LogP contribution in [0.1, 0.15) is 22.3 Å². The number of nitrogens with one attached hydrogen (secondary N) is 1. The maximum atomic E-state index is 13.7. The van der Waals surface area contributed by atoms with E-state index in [0.717, 1.165) is 12.1 Å². The first-order chi connectivity index (χ1) is 12.4. The molecule has 2 N–H and O–H groups in total. The van der Waals surface area contributed by atoms with Crippen LogP contribution >= 0.6 is 11.6 Å². The second-order valence-electron chi connectivity index (χ2n) is 6.36. The molecule has 4 nitrogen and oxygen atoms in total. The summed E-state index contributed by atoms with van der Waals surface area (Å²) in [5.74, 6) is -1.74. The highest BCUT2D eigenvalue weighted by atomic mass is 35.5. The Morgan fingerprint density at radius 2 is 1.88 bits per heavy atom. The van der Waals surface area contributed by atoms with Crippen LogP contribution in [0.15, 0.2) is 53.9 Å². The van der Waals surface area contributed by atoms with Gasteiger partial charge in [0.2, 0.25) is 0 Å². The number of hydrogen-bond donors (Lipinski definition) is 2. The van der Waals surface area contributed by atoms with E-state index in [2.05, 4.69) is 5.32 Å². The fraction of sp³-hybridized carbons (Fsp3) is 0.211. The van der Waals surface area contributed by atoms with Crippen molar-refractivity contribution in [2.75, 3.05) is 13.1 Å². The molecule has 26 heavy (non-hydrogen) atoms. The van der Waals surface area contributed by atoms with E-state index in [1.165, 1.54) is 6.07 Å². The van der Waals surface area contributed by atoms with E-state index in [0.29, 0.717) is 35.1 Å². The van der Waals surface area contributed by atoms with Gasteiger partial charge in [-0.15, -0.1) is 0 Å². The first-order valence-corrected chi connectivity index (χ1v) is 8.51. The van der Waals surface area contributed by atoms with E-state index >= 15 is 0 Å². The molecule has 2 aromatic carbocycles. The van der Waals surface area contributed by atoms with Gasteiger partial charge in [-0.25, -0.2) is 8.78 Å². The number of nitrogens with zero attached hydrogens (tertiary/aromatic N) is 1. The molecule has 4 rings (SSSR count). The lowest BCUT2D eigenvalue weighted by Gasteiger charge is -2.33. The number of Topliss-reactive ketones (excluding diaryl/α,β-unsaturated/α-hetero) is 1. The lowest BCUT2D eigenvalue weighted by atomic mass is 9.93. The van der Waals surface area contributed by atoms with Crippen LogP contribution in [0.3, 0.4) is 0 Å². The Labute approximate surface area is 153 Å². The van der Waals surface area contributed by atoms with Gasteiger partial charge in [0.25, 0.3) is 0 Å². The number of rotatable bonds is 3. The van der Waals surface area contributed by atoms with Crippen molar-refractivity contribution >= 4 is 17.4 Å². The SMILES string of the molecule is O=C(C1=C2NCCN2C(O)(c2ccc(F)c(F)c2)C1)c1ccc(Cl)cc1. The minimum Gasteiger partial charge on any atom is -0.370 e. The minimum absolute atomic E-state index is 0.0259. The van der Waals surface area contributed by atoms with Crippen LogP contribution in [0.5, 0.6) is 0 Å². The van der Waals surface area contributed by atoms with Gasteiger partial charge in [-0.05, 0) is 36.4 Å². The lowest BCUT2D eigenvalue weighted by Crippen LogP contribution is -2.40. The summed E-state index contributed by atoms with van der Waals surface area (Å²) in [6, 6.07) is 9.77. The summed E-state index contributed by atoms with van der Waals surface area (Å²) in [6.45, 7) is 0.987. The monoisotopic (exact) mass is 376 g/mol. The van der Waals surface area contributed by atoms with Crippen LogP contribution in [-0.2, 0) is 5.72 Å². The lowest BCUT2D eigenvalue weighted by molar-refractivity contribution is -0.0747. The molecule has 2 aromatic rings. The van der Waals surface area contributed by atoms with Crippen LogP contribution in [0.2, 0.25) is 5.02 Å². The van der Waals surface area contributed by atoms with Gasteiger partial charge in [0.05, 0.1) is 0 Å². The average Bonchev–Trinajstić information content (AvgIpc) is 3.21. The molecule has 2 aliphatic rings. The number of ketones is 1. The zero-order valence-electron chi connectivity index (χ0n) is 13.6. The Morgan fingerprint density at radius 1 is 1.15 bits per heavy atom. The van der Waals surface area contributed by atoms with Crippen molar-refractivity contribution < 1.29 is 18.7 Å². The smallest absolute Gasteiger partial charge is 0.192 e. The molecule has 134 valence electrons. The Hall–Kier alpha value is -2.44. The van der Waals surface area contributed by atoms with Gasteiger partial charge in [0.15, 0.2) is 23.1 Å². The molecule has 0 bridgehead atoms. The number of carbonyl (C=O) groups is 1. The molecule has 1 atom stereocenters. The molecule has 2 aliphatic heterocycles. The van der Waals surface area contributed by atoms with E-state index in [9.17, 15) is 18.7 Å². The number of benzene rings is 2. The fourth-order valence-corrected chi connectivity index (χ4v) is 3.65. The minimum atomic E-state index is -1.61. The molecule has 0 aliphatic carbocycles. The van der Waals surface area contributed by atoms with Crippen LogP contribution in [0.25, 0.3) is 0 Å². The molecule has 0 aromatic heterocycles. The molecular formula is C19H15ClF2N2O2. The van der Waals surface area contributed by atoms with Crippen molar-refractivity contribution in [3.8, 4) is 0 Å². The van der Waals surface area contributed by atoms with Crippen LogP contribution in [0.4, 0.5) is 8.78 Å². The van der Waals surface area contributed by atoms with Crippen molar-refractivity contribution in [2.45, 2.75) is 12.1 Å². The molecule has 0 spiro atoms. The summed E-state index contributed by atoms with van der Waals surface area (Å²) in [4.78, 5) is 14.6. The third-order valence-corrected chi connectivity index (χ3v) is 5.07. The van der Waals surface area contributed by atoms with Crippen LogP contribution in [0, 0.1) is 11.6 Å². The highest BCUT2D eigenvalue weighted by molar-refractivity contribution is 6.30. The predicted molar refractivity (Wildman–Crippen MR) is 92.4 cm³/mol. The molecule has 1 saturated heterocycles. The maximum Gasteiger partial charge on any atom is 0.192 e. The second-order valence-corrected chi connectivity index (χ2v) is 6.80. The fourth-order valence-electron chi connectivity index (χ4n) is 3.52. The number of carbonyl (C=O) groups excluding carboxylic acids is 1. The normalized spacial score (nSPS) is 21.8. The van der Waals surface area contributed by atoms with Gasteiger partial charge in [0.1, 0.15) is 5.82 Å². The second kappa shape index (κ2) is 6.07. The predicted octanol–water partition coefficient (Wildman–Crippen LogP) is 3.17. The van der Waals surface area contributed by atoms with Crippen LogP contribution < -0.4 is 5.32 Å². The van der Waals surface area contributed by atoms with Gasteiger partial charge < -0.3 is 15.3 Å². The molecule has 7 heteroatoms. The summed E-state index contributed by atoms with van der Waals surface area (Å²) in [7, 11) is 0. The summed E-state index contributed by atoms with van der Waals surface area (Å²) in [5.41, 5.74) is -0.557. The molecule has 0 saturated carbocycles. The summed E-state index contributed by atoms with van der Waals surface area (Å²) >= 11 is 5.87. The zero-order valence-corrected chi connectivity index (χ0v) is 14.4. The molecule has 2 heterocycles. The van der Waals surface area contributed by atoms with E-state index in [1.807, 2.05) is 0 Å². The van der Waals surface area contributed by atoms with Crippen LogP contribution in [-0.4, -0.2) is 28.9 Å². The van der Waals surface area contributed by atoms with Crippen molar-refractivity contribution in [1.29, 1.82) is 0 Å². The molecule has 0 amide bonds. The maximum absolute atomic E-state index is 13.7. The Balaban J connectivity index is 1.73. The van der Waals surface area contributed by atoms with Gasteiger partial charge in [-0.2, -0.15) is 0 Å². The molecular weight excluding hydrogens is 362 g/mol. The quantitative estimate of drug-likeness (QED) is 0.808. The van der Waals surface area contributed by atoms with E-state index in [1.54, 1.807) is 29.2 Å². The standard InChI is InChI=1S/C19H15ClF2N2O2/c20-13-4-1-11(2-5-13)17(25)14-10-19(26,24-8-7-23-18(14)24)12-3-6-15(21)16(22)9-12/h1-6,9,23,26H,7-8,10H2. The number of aliphatic hydroxyl groups is 1. The topological polar surface area (TPSA) is 52.6 Å². The summed E-state index contributed by atoms with van der Waals surface area (Å²) in [5, 5.41) is 14.9. The van der Waals surface area contributed by atoms with E-state index in [4.69, 9.17) is 11.6 Å². The Morgan fingerprint density at radius 3 is 2.58 bits per heavy atom. The van der Waals surface area contributed by atoms with Gasteiger partial charge in [0, 0.05) is 41.2 Å². The number of hydrogen-bond acceptors (Lipinski definition) is 4. The first-order valence-electron chi connectivity index (χ1n) is 8.13. The molecule has 1 unspecified atom stereocenters. The number of halogens is 3. The third kappa shape index (κ3) is 2.57. The van der Waals surface area contributed by atoms with E-state index < -0.39 is 17.4 Å².